The zero-order chi connectivity index (χ0) is 10.6. The van der Waals surface area contributed by atoms with Crippen LogP contribution in [0.5, 0.6) is 0 Å². The Labute approximate surface area is 162 Å². The summed E-state index contributed by atoms with van der Waals surface area (Å²) in [7, 11) is 0. The molecule has 0 aliphatic rings. The van der Waals surface area contributed by atoms with Gasteiger partial charge in [0.1, 0.15) is 0 Å². The number of carbonyl (C=O) groups is 3. The van der Waals surface area contributed by atoms with E-state index in [1.165, 1.54) is 0 Å². The third-order valence-corrected chi connectivity index (χ3v) is 1.29. The van der Waals surface area contributed by atoms with E-state index in [0.717, 1.165) is 0 Å². The first-order valence-corrected chi connectivity index (χ1v) is 3.17. The van der Waals surface area contributed by atoms with E-state index in [-0.39, 0.29) is 94.4 Å². The van der Waals surface area contributed by atoms with Crippen molar-refractivity contribution in [3.63, 3.8) is 0 Å². The Morgan fingerprint density at radius 3 is 1.33 bits per heavy atom. The summed E-state index contributed by atoms with van der Waals surface area (Å²) in [5, 5.41) is 33.8. The van der Waals surface area contributed by atoms with E-state index < -0.39 is 36.4 Å². The fraction of sp³-hybridized carbons (Fsp3) is 0.500. The summed E-state index contributed by atoms with van der Waals surface area (Å²) >= 11 is 0. The molecule has 0 bridgehead atoms. The number of carboxylic acids is 3. The second kappa shape index (κ2) is 9.45. The van der Waals surface area contributed by atoms with E-state index >= 15 is 0 Å². The number of carboxylic acid groups (broad SMARTS) is 3. The Kier molecular flexibility index (Phi) is 13.7. The van der Waals surface area contributed by atoms with Crippen LogP contribution in [0.4, 0.5) is 0 Å². The zero-order valence-electron chi connectivity index (χ0n) is 6.43. The quantitative estimate of drug-likeness (QED) is 0.346. The van der Waals surface area contributed by atoms with Crippen LogP contribution in [0.15, 0.2) is 0 Å². The Hall–Kier alpha value is 1.42. The monoisotopic (exact) mass is 422 g/mol. The molecular weight excluding hydrogens is 409 g/mol. The second-order valence-electron chi connectivity index (χ2n) is 2.48. The van der Waals surface area contributed by atoms with Crippen LogP contribution in [-0.2, 0) is 14.4 Å². The molecular formula is C6H12BaO7Sr. The Morgan fingerprint density at radius 2 is 1.20 bits per heavy atom. The Bertz CT molecular complexity index is 238. The molecule has 0 aliphatic carbocycles. The van der Waals surface area contributed by atoms with Crippen LogP contribution >= 0.6 is 0 Å². The summed E-state index contributed by atoms with van der Waals surface area (Å²) in [5.41, 5.74) is -2.74. The predicted molar refractivity (Wildman–Crippen MR) is 54.2 cm³/mol. The van der Waals surface area contributed by atoms with Gasteiger partial charge in [0.2, 0.25) is 0 Å². The molecule has 0 atom stereocenters. The minimum absolute atomic E-state index is 0. The third kappa shape index (κ3) is 9.15. The van der Waals surface area contributed by atoms with E-state index in [4.69, 9.17) is 20.4 Å². The van der Waals surface area contributed by atoms with Crippen molar-refractivity contribution in [1.29, 1.82) is 0 Å². The maximum absolute atomic E-state index is 10.3. The van der Waals surface area contributed by atoms with Gasteiger partial charge in [-0.1, -0.05) is 0 Å². The van der Waals surface area contributed by atoms with Crippen molar-refractivity contribution in [3.8, 4) is 0 Å². The van der Waals surface area contributed by atoms with Crippen molar-refractivity contribution in [3.05, 3.63) is 0 Å². The van der Waals surface area contributed by atoms with Crippen LogP contribution in [0, 0.1) is 0 Å². The molecule has 0 unspecified atom stereocenters. The summed E-state index contributed by atoms with van der Waals surface area (Å²) in [5.74, 6) is -5.02. The number of hydrogen-bond donors (Lipinski definition) is 4. The van der Waals surface area contributed by atoms with E-state index in [1.807, 2.05) is 0 Å². The topological polar surface area (TPSA) is 132 Å². The van der Waals surface area contributed by atoms with Gasteiger partial charge in [0.25, 0.3) is 0 Å². The molecule has 0 aromatic rings. The summed E-state index contributed by atoms with van der Waals surface area (Å²) in [6, 6.07) is 0. The second-order valence-corrected chi connectivity index (χ2v) is 2.48. The van der Waals surface area contributed by atoms with Gasteiger partial charge in [-0.05, 0) is 0 Å². The molecule has 0 fully saturated rings. The van der Waals surface area contributed by atoms with Gasteiger partial charge < -0.3 is 20.4 Å². The molecule has 0 aromatic heterocycles. The van der Waals surface area contributed by atoms with E-state index in [2.05, 4.69) is 0 Å². The first-order chi connectivity index (χ1) is 5.78. The van der Waals surface area contributed by atoms with Crippen molar-refractivity contribution >= 4 is 112 Å². The zero-order valence-corrected chi connectivity index (χ0v) is 6.43. The number of rotatable bonds is 5. The molecule has 0 rings (SSSR count). The normalized spacial score (nSPS) is 9.40. The van der Waals surface area contributed by atoms with Gasteiger partial charge in [-0.25, -0.2) is 4.79 Å². The maximum atomic E-state index is 10.3. The minimum atomic E-state index is -2.74. The van der Waals surface area contributed by atoms with Crippen LogP contribution in [0.1, 0.15) is 12.8 Å². The van der Waals surface area contributed by atoms with Crippen LogP contribution in [0.2, 0.25) is 0 Å². The van der Waals surface area contributed by atoms with Gasteiger partial charge >= 0.3 is 112 Å². The molecule has 0 radical (unpaired) electrons. The van der Waals surface area contributed by atoms with E-state index in [1.54, 1.807) is 0 Å². The van der Waals surface area contributed by atoms with Gasteiger partial charge in [-0.3, -0.25) is 9.59 Å². The van der Waals surface area contributed by atoms with Crippen molar-refractivity contribution in [2.45, 2.75) is 18.4 Å². The fourth-order valence-corrected chi connectivity index (χ4v) is 0.714. The van der Waals surface area contributed by atoms with Crippen LogP contribution < -0.4 is 0 Å². The molecule has 0 saturated carbocycles. The van der Waals surface area contributed by atoms with Gasteiger partial charge in [0.05, 0.1) is 12.8 Å². The first-order valence-electron chi connectivity index (χ1n) is 3.17. The predicted octanol–water partition coefficient (Wildman–Crippen LogP) is -3.08. The molecule has 9 heteroatoms. The molecule has 15 heavy (non-hydrogen) atoms. The number of hydrogen-bond acceptors (Lipinski definition) is 4. The summed E-state index contributed by atoms with van der Waals surface area (Å²) in [6.07, 6.45) is -2.29. The van der Waals surface area contributed by atoms with E-state index in [0.29, 0.717) is 0 Å². The molecule has 0 spiro atoms. The summed E-state index contributed by atoms with van der Waals surface area (Å²) < 4.78 is 0. The van der Waals surface area contributed by atoms with Gasteiger partial charge in [0, 0.05) is 0 Å². The number of aliphatic hydroxyl groups is 1. The van der Waals surface area contributed by atoms with Gasteiger partial charge in [0.15, 0.2) is 5.60 Å². The van der Waals surface area contributed by atoms with E-state index in [9.17, 15) is 14.4 Å². The van der Waals surface area contributed by atoms with Crippen LogP contribution in [0.3, 0.4) is 0 Å². The van der Waals surface area contributed by atoms with Crippen molar-refractivity contribution in [2.24, 2.45) is 0 Å². The third-order valence-electron chi connectivity index (χ3n) is 1.29. The molecule has 82 valence electrons. The SMILES string of the molecule is O=C(O)CC(O)(CC(=O)O)C(=O)O.[BaH2].[SrH2]. The summed E-state index contributed by atoms with van der Waals surface area (Å²) in [4.78, 5) is 30.5. The average Bonchev–Trinajstić information content (AvgIpc) is 1.82. The van der Waals surface area contributed by atoms with Crippen LogP contribution in [-0.4, -0.2) is 138 Å². The fourth-order valence-electron chi connectivity index (χ4n) is 0.714. The average molecular weight is 421 g/mol. The molecule has 0 aromatic carbocycles. The van der Waals surface area contributed by atoms with Crippen molar-refractivity contribution in [1.82, 2.24) is 0 Å². The molecule has 0 aliphatic heterocycles. The van der Waals surface area contributed by atoms with Crippen molar-refractivity contribution < 1.29 is 34.8 Å². The molecule has 0 amide bonds. The molecule has 4 N–H and O–H groups in total. The van der Waals surface area contributed by atoms with Gasteiger partial charge in [-0.15, -0.1) is 0 Å². The standard InChI is InChI=1S/C6H8O7.Ba.Sr.4H/c7-3(8)1-6(13,5(11)12)2-4(9)10;;;;;;/h13H,1-2H2,(H,7,8)(H,9,10)(H,11,12);;;;;;. The van der Waals surface area contributed by atoms with Gasteiger partial charge in [-0.2, -0.15) is 0 Å². The van der Waals surface area contributed by atoms with Crippen molar-refractivity contribution in [2.75, 3.05) is 0 Å². The van der Waals surface area contributed by atoms with Crippen LogP contribution in [0.25, 0.3) is 0 Å². The molecule has 7 nitrogen and oxygen atoms in total. The molecule has 0 saturated heterocycles. The summed E-state index contributed by atoms with van der Waals surface area (Å²) in [6.45, 7) is 0. The Morgan fingerprint density at radius 1 is 0.933 bits per heavy atom. The number of aliphatic carboxylic acids is 3. The first kappa shape index (κ1) is 21.7. The Balaban J connectivity index is -0.000000720. The molecule has 0 heterocycles.